The van der Waals surface area contributed by atoms with Gasteiger partial charge in [0.2, 0.25) is 0 Å². The summed E-state index contributed by atoms with van der Waals surface area (Å²) in [7, 11) is 3.29. The van der Waals surface area contributed by atoms with Crippen molar-refractivity contribution in [2.75, 3.05) is 60.2 Å². The van der Waals surface area contributed by atoms with E-state index in [-0.39, 0.29) is 30.0 Å². The summed E-state index contributed by atoms with van der Waals surface area (Å²) in [5.41, 5.74) is 1.13. The van der Waals surface area contributed by atoms with Gasteiger partial charge in [0, 0.05) is 19.6 Å². The number of terminal acetylenes is 1. The van der Waals surface area contributed by atoms with Gasteiger partial charge in [-0.2, -0.15) is 0 Å². The summed E-state index contributed by atoms with van der Waals surface area (Å²) in [5, 5.41) is 6.36. The first kappa shape index (κ1) is 24.3. The Labute approximate surface area is 185 Å². The molecule has 1 unspecified atom stereocenters. The number of nitrogens with zero attached hydrogens (tertiary/aromatic N) is 2. The van der Waals surface area contributed by atoms with Crippen molar-refractivity contribution < 1.29 is 14.2 Å². The number of nitrogens with one attached hydrogen (secondary N) is 2. The second-order valence-electron chi connectivity index (χ2n) is 6.06. The number of ether oxygens (including phenoxy) is 3. The molecular formula is C20H31IN4O3. The van der Waals surface area contributed by atoms with Crippen LogP contribution in [0, 0.1) is 12.3 Å². The van der Waals surface area contributed by atoms with E-state index in [1.54, 1.807) is 14.2 Å². The van der Waals surface area contributed by atoms with Gasteiger partial charge in [0.1, 0.15) is 0 Å². The van der Waals surface area contributed by atoms with Crippen molar-refractivity contribution in [3.63, 3.8) is 0 Å². The van der Waals surface area contributed by atoms with Gasteiger partial charge in [-0.25, -0.2) is 0 Å². The smallest absolute Gasteiger partial charge is 0.192 e. The highest BCUT2D eigenvalue weighted by Crippen LogP contribution is 2.32. The maximum Gasteiger partial charge on any atom is 0.192 e. The molecule has 0 amide bonds. The van der Waals surface area contributed by atoms with Crippen LogP contribution in [-0.4, -0.2) is 71.0 Å². The number of rotatable bonds is 8. The Morgan fingerprint density at radius 3 is 2.57 bits per heavy atom. The fourth-order valence-corrected chi connectivity index (χ4v) is 3.04. The Morgan fingerprint density at radius 1 is 1.25 bits per heavy atom. The number of hydrogen-bond donors (Lipinski definition) is 2. The van der Waals surface area contributed by atoms with Crippen LogP contribution < -0.4 is 20.1 Å². The Balaban J connectivity index is 0.00000392. The molecular weight excluding hydrogens is 471 g/mol. The molecule has 2 rings (SSSR count). The number of guanidine groups is 1. The number of aliphatic imine (C=N–C) groups is 1. The van der Waals surface area contributed by atoms with Gasteiger partial charge in [0.15, 0.2) is 17.5 Å². The highest BCUT2D eigenvalue weighted by Gasteiger charge is 2.23. The second kappa shape index (κ2) is 13.5. The molecule has 0 bridgehead atoms. The third kappa shape index (κ3) is 7.04. The van der Waals surface area contributed by atoms with E-state index in [1.807, 2.05) is 19.1 Å². The summed E-state index contributed by atoms with van der Waals surface area (Å²) >= 11 is 0. The molecule has 0 saturated carbocycles. The molecule has 1 aliphatic rings. The second-order valence-corrected chi connectivity index (χ2v) is 6.06. The van der Waals surface area contributed by atoms with Gasteiger partial charge in [-0.15, -0.1) is 30.4 Å². The highest BCUT2D eigenvalue weighted by molar-refractivity contribution is 14.0. The van der Waals surface area contributed by atoms with Crippen molar-refractivity contribution in [3.05, 3.63) is 23.8 Å². The van der Waals surface area contributed by atoms with Gasteiger partial charge in [0.05, 0.1) is 46.6 Å². The molecule has 28 heavy (non-hydrogen) atoms. The van der Waals surface area contributed by atoms with Gasteiger partial charge in [-0.1, -0.05) is 12.0 Å². The zero-order valence-electron chi connectivity index (χ0n) is 16.9. The van der Waals surface area contributed by atoms with Crippen LogP contribution in [0.15, 0.2) is 23.2 Å². The lowest BCUT2D eigenvalue weighted by molar-refractivity contribution is 0.0179. The normalized spacial score (nSPS) is 15.7. The van der Waals surface area contributed by atoms with Crippen molar-refractivity contribution >= 4 is 29.9 Å². The molecule has 2 N–H and O–H groups in total. The van der Waals surface area contributed by atoms with E-state index in [0.29, 0.717) is 19.0 Å². The van der Waals surface area contributed by atoms with Crippen LogP contribution in [0.4, 0.5) is 0 Å². The minimum absolute atomic E-state index is 0. The van der Waals surface area contributed by atoms with Crippen molar-refractivity contribution in [1.29, 1.82) is 0 Å². The number of morpholine rings is 1. The number of hydrogen-bond acceptors (Lipinski definition) is 5. The van der Waals surface area contributed by atoms with Crippen molar-refractivity contribution in [3.8, 4) is 23.8 Å². The number of methoxy groups -OCH3 is 2. The minimum atomic E-state index is 0. The molecule has 0 spiro atoms. The summed E-state index contributed by atoms with van der Waals surface area (Å²) in [6, 6.07) is 6.14. The Kier molecular flexibility index (Phi) is 11.7. The SMILES string of the molecule is C#CCNC(=NCC(c1ccc(OC)c(OC)c1)N1CCOCC1)NCC.I. The molecule has 0 radical (unpaired) electrons. The van der Waals surface area contributed by atoms with E-state index >= 15 is 0 Å². The summed E-state index contributed by atoms with van der Waals surface area (Å²) in [4.78, 5) is 7.13. The zero-order chi connectivity index (χ0) is 19.5. The van der Waals surface area contributed by atoms with E-state index in [0.717, 1.165) is 49.9 Å². The molecule has 1 saturated heterocycles. The summed E-state index contributed by atoms with van der Waals surface area (Å²) < 4.78 is 16.4. The van der Waals surface area contributed by atoms with Crippen LogP contribution in [0.3, 0.4) is 0 Å². The van der Waals surface area contributed by atoms with Gasteiger partial charge >= 0.3 is 0 Å². The Morgan fingerprint density at radius 2 is 1.96 bits per heavy atom. The van der Waals surface area contributed by atoms with Gasteiger partial charge in [0.25, 0.3) is 0 Å². The fraction of sp³-hybridized carbons (Fsp3) is 0.550. The van der Waals surface area contributed by atoms with Crippen LogP contribution in [0.5, 0.6) is 11.5 Å². The predicted molar refractivity (Wildman–Crippen MR) is 123 cm³/mol. The first-order valence-electron chi connectivity index (χ1n) is 9.22. The highest BCUT2D eigenvalue weighted by atomic mass is 127. The standard InChI is InChI=1S/C20H30N4O3.HI/c1-5-9-22-20(21-6-2)23-15-17(24-10-12-27-13-11-24)16-7-8-18(25-3)19(14-16)26-4;/h1,7-8,14,17H,6,9-13,15H2,2-4H3,(H2,21,22,23);1H. The molecule has 8 heteroatoms. The average molecular weight is 502 g/mol. The lowest BCUT2D eigenvalue weighted by atomic mass is 10.0. The molecule has 1 fully saturated rings. The lowest BCUT2D eigenvalue weighted by Gasteiger charge is -2.34. The predicted octanol–water partition coefficient (Wildman–Crippen LogP) is 1.88. The van der Waals surface area contributed by atoms with E-state index < -0.39 is 0 Å². The summed E-state index contributed by atoms with van der Waals surface area (Å²) in [5.74, 6) is 4.73. The first-order valence-corrected chi connectivity index (χ1v) is 9.22. The van der Waals surface area contributed by atoms with E-state index in [9.17, 15) is 0 Å². The molecule has 1 atom stereocenters. The third-order valence-electron chi connectivity index (χ3n) is 4.40. The van der Waals surface area contributed by atoms with Crippen LogP contribution in [0.25, 0.3) is 0 Å². The van der Waals surface area contributed by atoms with Gasteiger partial charge < -0.3 is 24.8 Å². The number of benzene rings is 1. The Bertz CT molecular complexity index is 657. The molecule has 1 aromatic rings. The zero-order valence-corrected chi connectivity index (χ0v) is 19.2. The summed E-state index contributed by atoms with van der Waals surface area (Å²) in [6.07, 6.45) is 5.35. The first-order chi connectivity index (χ1) is 13.2. The quantitative estimate of drug-likeness (QED) is 0.245. The van der Waals surface area contributed by atoms with Gasteiger partial charge in [-0.05, 0) is 24.6 Å². The van der Waals surface area contributed by atoms with Crippen LogP contribution >= 0.6 is 24.0 Å². The molecule has 1 heterocycles. The maximum atomic E-state index is 5.52. The van der Waals surface area contributed by atoms with E-state index in [4.69, 9.17) is 25.6 Å². The van der Waals surface area contributed by atoms with E-state index in [1.165, 1.54) is 0 Å². The number of halogens is 1. The van der Waals surface area contributed by atoms with Crippen molar-refractivity contribution in [2.24, 2.45) is 4.99 Å². The summed E-state index contributed by atoms with van der Waals surface area (Å²) in [6.45, 7) is 7.01. The Hall–Kier alpha value is -1.70. The van der Waals surface area contributed by atoms with Crippen LogP contribution in [0.2, 0.25) is 0 Å². The lowest BCUT2D eigenvalue weighted by Crippen LogP contribution is -2.42. The van der Waals surface area contributed by atoms with Gasteiger partial charge in [-0.3, -0.25) is 9.89 Å². The van der Waals surface area contributed by atoms with Crippen LogP contribution in [-0.2, 0) is 4.74 Å². The largest absolute Gasteiger partial charge is 0.493 e. The monoisotopic (exact) mass is 502 g/mol. The van der Waals surface area contributed by atoms with Crippen molar-refractivity contribution in [1.82, 2.24) is 15.5 Å². The minimum Gasteiger partial charge on any atom is -0.493 e. The molecule has 1 aliphatic heterocycles. The molecule has 1 aromatic carbocycles. The average Bonchev–Trinajstić information content (AvgIpc) is 2.72. The fourth-order valence-electron chi connectivity index (χ4n) is 3.04. The van der Waals surface area contributed by atoms with E-state index in [2.05, 4.69) is 27.5 Å². The molecule has 156 valence electrons. The van der Waals surface area contributed by atoms with Crippen LogP contribution in [0.1, 0.15) is 18.5 Å². The molecule has 0 aromatic heterocycles. The van der Waals surface area contributed by atoms with Crippen molar-refractivity contribution in [2.45, 2.75) is 13.0 Å². The third-order valence-corrected chi connectivity index (χ3v) is 4.40. The maximum absolute atomic E-state index is 5.52. The molecule has 7 nitrogen and oxygen atoms in total. The molecule has 0 aliphatic carbocycles. The topological polar surface area (TPSA) is 67.4 Å².